The van der Waals surface area contributed by atoms with Crippen molar-refractivity contribution < 1.29 is 0 Å². The molecule has 4 aromatic heterocycles. The molecule has 94 valence electrons. The molecule has 4 heterocycles. The fourth-order valence-electron chi connectivity index (χ4n) is 2.21. The first-order chi connectivity index (χ1) is 9.90. The van der Waals surface area contributed by atoms with Gasteiger partial charge in [0.1, 0.15) is 0 Å². The lowest BCUT2D eigenvalue weighted by molar-refractivity contribution is 1.25. The standard InChI is InChI=1S/C16H10N4/c1-2-12-4-6-14(20-16(12)18-8-1)13-5-3-11-7-9-17-10-15(11)19-13/h1-10H. The van der Waals surface area contributed by atoms with Crippen LogP contribution in [0, 0.1) is 0 Å². The lowest BCUT2D eigenvalue weighted by Gasteiger charge is -2.03. The maximum absolute atomic E-state index is 4.60. The monoisotopic (exact) mass is 258 g/mol. The maximum atomic E-state index is 4.60. The third-order valence-electron chi connectivity index (χ3n) is 3.22. The number of hydrogen-bond donors (Lipinski definition) is 0. The van der Waals surface area contributed by atoms with Crippen molar-refractivity contribution in [2.45, 2.75) is 0 Å². The van der Waals surface area contributed by atoms with E-state index in [0.717, 1.165) is 33.3 Å². The third-order valence-corrected chi connectivity index (χ3v) is 3.22. The van der Waals surface area contributed by atoms with Gasteiger partial charge in [0.15, 0.2) is 5.65 Å². The number of hydrogen-bond acceptors (Lipinski definition) is 4. The zero-order valence-corrected chi connectivity index (χ0v) is 10.6. The van der Waals surface area contributed by atoms with Gasteiger partial charge in [-0.1, -0.05) is 6.07 Å². The SMILES string of the molecule is c1cnc2nc(-c3ccc4ccncc4n3)ccc2c1. The van der Waals surface area contributed by atoms with Crippen LogP contribution in [0.25, 0.3) is 33.3 Å². The van der Waals surface area contributed by atoms with Crippen LogP contribution in [0.2, 0.25) is 0 Å². The molecule has 0 saturated heterocycles. The summed E-state index contributed by atoms with van der Waals surface area (Å²) in [6.07, 6.45) is 5.27. The summed E-state index contributed by atoms with van der Waals surface area (Å²) in [7, 11) is 0. The predicted molar refractivity (Wildman–Crippen MR) is 78.1 cm³/mol. The summed E-state index contributed by atoms with van der Waals surface area (Å²) in [6.45, 7) is 0. The van der Waals surface area contributed by atoms with Gasteiger partial charge in [-0.15, -0.1) is 0 Å². The van der Waals surface area contributed by atoms with Crippen molar-refractivity contribution in [1.29, 1.82) is 0 Å². The fraction of sp³-hybridized carbons (Fsp3) is 0. The topological polar surface area (TPSA) is 51.6 Å². The molecule has 0 bridgehead atoms. The zero-order valence-electron chi connectivity index (χ0n) is 10.6. The van der Waals surface area contributed by atoms with Gasteiger partial charge in [0.05, 0.1) is 23.1 Å². The minimum Gasteiger partial charge on any atom is -0.262 e. The van der Waals surface area contributed by atoms with E-state index in [1.165, 1.54) is 0 Å². The van der Waals surface area contributed by atoms with Crippen LogP contribution < -0.4 is 0 Å². The highest BCUT2D eigenvalue weighted by Gasteiger charge is 2.04. The lowest BCUT2D eigenvalue weighted by atomic mass is 10.2. The Kier molecular flexibility index (Phi) is 2.39. The highest BCUT2D eigenvalue weighted by atomic mass is 14.9. The lowest BCUT2D eigenvalue weighted by Crippen LogP contribution is -1.91. The Hall–Kier alpha value is -2.88. The number of nitrogens with zero attached hydrogens (tertiary/aromatic N) is 4. The minimum atomic E-state index is 0.734. The molecule has 4 rings (SSSR count). The summed E-state index contributed by atoms with van der Waals surface area (Å²) in [4.78, 5) is 17.5. The highest BCUT2D eigenvalue weighted by Crippen LogP contribution is 2.20. The van der Waals surface area contributed by atoms with Gasteiger partial charge in [-0.05, 0) is 36.4 Å². The van der Waals surface area contributed by atoms with E-state index in [-0.39, 0.29) is 0 Å². The molecule has 0 aliphatic carbocycles. The summed E-state index contributed by atoms with van der Waals surface area (Å²) < 4.78 is 0. The van der Waals surface area contributed by atoms with Crippen LogP contribution in [0.3, 0.4) is 0 Å². The van der Waals surface area contributed by atoms with Crippen molar-refractivity contribution >= 4 is 21.9 Å². The highest BCUT2D eigenvalue weighted by molar-refractivity contribution is 5.82. The van der Waals surface area contributed by atoms with Crippen molar-refractivity contribution in [1.82, 2.24) is 19.9 Å². The molecule has 0 aliphatic rings. The Bertz CT molecular complexity index is 841. The second kappa shape index (κ2) is 4.35. The van der Waals surface area contributed by atoms with E-state index >= 15 is 0 Å². The molecule has 4 heteroatoms. The van der Waals surface area contributed by atoms with E-state index < -0.39 is 0 Å². The normalized spacial score (nSPS) is 11.0. The molecule has 4 nitrogen and oxygen atoms in total. The van der Waals surface area contributed by atoms with Gasteiger partial charge < -0.3 is 0 Å². The first kappa shape index (κ1) is 11.0. The molecule has 0 saturated carbocycles. The molecule has 0 unspecified atom stereocenters. The summed E-state index contributed by atoms with van der Waals surface area (Å²) in [5.41, 5.74) is 3.26. The summed E-state index contributed by atoms with van der Waals surface area (Å²) in [6, 6.07) is 13.8. The van der Waals surface area contributed by atoms with E-state index in [0.29, 0.717) is 0 Å². The van der Waals surface area contributed by atoms with Crippen LogP contribution in [-0.2, 0) is 0 Å². The first-order valence-electron chi connectivity index (χ1n) is 6.33. The molecule has 0 atom stereocenters. The van der Waals surface area contributed by atoms with Crippen molar-refractivity contribution in [3.05, 3.63) is 61.1 Å². The fourth-order valence-corrected chi connectivity index (χ4v) is 2.21. The maximum Gasteiger partial charge on any atom is 0.159 e. The second-order valence-electron chi connectivity index (χ2n) is 4.51. The average Bonchev–Trinajstić information content (AvgIpc) is 2.54. The van der Waals surface area contributed by atoms with E-state index in [2.05, 4.69) is 19.9 Å². The Balaban J connectivity index is 1.91. The summed E-state index contributed by atoms with van der Waals surface area (Å²) >= 11 is 0. The summed E-state index contributed by atoms with van der Waals surface area (Å²) in [5.74, 6) is 0. The largest absolute Gasteiger partial charge is 0.262 e. The van der Waals surface area contributed by atoms with Crippen LogP contribution in [0.15, 0.2) is 61.1 Å². The smallest absolute Gasteiger partial charge is 0.159 e. The van der Waals surface area contributed by atoms with Crippen molar-refractivity contribution in [3.8, 4) is 11.4 Å². The first-order valence-corrected chi connectivity index (χ1v) is 6.33. The van der Waals surface area contributed by atoms with Crippen LogP contribution in [0.5, 0.6) is 0 Å². The molecule has 0 aromatic carbocycles. The van der Waals surface area contributed by atoms with Gasteiger partial charge in [-0.3, -0.25) is 4.98 Å². The van der Waals surface area contributed by atoms with Gasteiger partial charge in [-0.25, -0.2) is 15.0 Å². The van der Waals surface area contributed by atoms with Gasteiger partial charge >= 0.3 is 0 Å². The van der Waals surface area contributed by atoms with E-state index in [9.17, 15) is 0 Å². The Labute approximate surface area is 115 Å². The number of rotatable bonds is 1. The molecule has 0 spiro atoms. The number of fused-ring (bicyclic) bond motifs is 2. The molecular formula is C16H10N4. The van der Waals surface area contributed by atoms with Gasteiger partial charge in [0.2, 0.25) is 0 Å². The molecule has 4 aromatic rings. The van der Waals surface area contributed by atoms with Crippen LogP contribution in [0.1, 0.15) is 0 Å². The van der Waals surface area contributed by atoms with Crippen LogP contribution >= 0.6 is 0 Å². The number of aromatic nitrogens is 4. The van der Waals surface area contributed by atoms with Crippen LogP contribution in [-0.4, -0.2) is 19.9 Å². The molecule has 20 heavy (non-hydrogen) atoms. The average molecular weight is 258 g/mol. The Morgan fingerprint density at radius 2 is 1.55 bits per heavy atom. The van der Waals surface area contributed by atoms with Gasteiger partial charge in [0, 0.05) is 23.2 Å². The predicted octanol–water partition coefficient (Wildman–Crippen LogP) is 3.24. The Morgan fingerprint density at radius 1 is 0.700 bits per heavy atom. The molecular weight excluding hydrogens is 248 g/mol. The second-order valence-corrected chi connectivity index (χ2v) is 4.51. The molecule has 0 fully saturated rings. The molecule has 0 aliphatic heterocycles. The molecule has 0 amide bonds. The van der Waals surface area contributed by atoms with Crippen molar-refractivity contribution in [2.24, 2.45) is 0 Å². The van der Waals surface area contributed by atoms with Gasteiger partial charge in [0.25, 0.3) is 0 Å². The Morgan fingerprint density at radius 3 is 2.50 bits per heavy atom. The molecule has 0 radical (unpaired) electrons. The zero-order chi connectivity index (χ0) is 13.4. The van der Waals surface area contributed by atoms with E-state index in [1.54, 1.807) is 18.6 Å². The van der Waals surface area contributed by atoms with E-state index in [4.69, 9.17) is 0 Å². The van der Waals surface area contributed by atoms with Crippen LogP contribution in [0.4, 0.5) is 0 Å². The van der Waals surface area contributed by atoms with E-state index in [1.807, 2.05) is 42.5 Å². The van der Waals surface area contributed by atoms with Gasteiger partial charge in [-0.2, -0.15) is 0 Å². The van der Waals surface area contributed by atoms with Crippen molar-refractivity contribution in [2.75, 3.05) is 0 Å². The number of pyridine rings is 4. The minimum absolute atomic E-state index is 0.734. The van der Waals surface area contributed by atoms with Crippen molar-refractivity contribution in [3.63, 3.8) is 0 Å². The summed E-state index contributed by atoms with van der Waals surface area (Å²) in [5, 5.41) is 2.10. The third kappa shape index (κ3) is 1.78. The quantitative estimate of drug-likeness (QED) is 0.526. The molecule has 0 N–H and O–H groups in total.